The molecule has 27 heavy (non-hydrogen) atoms. The van der Waals surface area contributed by atoms with Crippen molar-refractivity contribution in [3.8, 4) is 0 Å². The molecule has 10 heteroatoms. The number of aryl methyl sites for hydroxylation is 1. The van der Waals surface area contributed by atoms with Crippen molar-refractivity contribution in [3.63, 3.8) is 0 Å². The van der Waals surface area contributed by atoms with Gasteiger partial charge in [0.2, 0.25) is 0 Å². The molecule has 0 radical (unpaired) electrons. The maximum absolute atomic E-state index is 13.3. The molecular weight excluding hydrogens is 379 g/mol. The molecule has 3 nitrogen and oxygen atoms in total. The molecule has 0 unspecified atom stereocenters. The second kappa shape index (κ2) is 6.90. The number of rotatable bonds is 6. The Morgan fingerprint density at radius 1 is 1.11 bits per heavy atom. The zero-order valence-corrected chi connectivity index (χ0v) is 14.3. The molecule has 148 valence electrons. The van der Waals surface area contributed by atoms with Crippen LogP contribution in [0.1, 0.15) is 16.8 Å². The minimum Gasteiger partial charge on any atom is -0.340 e. The minimum absolute atomic E-state index is 0.314. The largest absolute Gasteiger partial charge is 0.462 e. The maximum Gasteiger partial charge on any atom is 0.462 e. The molecule has 0 atom stereocenters. The van der Waals surface area contributed by atoms with Crippen molar-refractivity contribution >= 4 is 17.1 Å². The summed E-state index contributed by atoms with van der Waals surface area (Å²) in [6.45, 7) is 7.48. The first kappa shape index (κ1) is 20.8. The Morgan fingerprint density at radius 3 is 2.30 bits per heavy atom. The zero-order valence-electron chi connectivity index (χ0n) is 14.3. The van der Waals surface area contributed by atoms with Gasteiger partial charge in [0.25, 0.3) is 0 Å². The number of allylic oxidation sites excluding steroid dienone is 1. The Labute approximate surface area is 150 Å². The van der Waals surface area contributed by atoms with Crippen LogP contribution in [0, 0.1) is 13.8 Å². The van der Waals surface area contributed by atoms with Crippen LogP contribution in [0.5, 0.6) is 0 Å². The number of hydrogen-bond acceptors (Lipinski definition) is 2. The molecule has 0 amide bonds. The number of hydrogen-bond donors (Lipinski definition) is 1. The molecule has 2 aromatic rings. The van der Waals surface area contributed by atoms with Crippen LogP contribution in [0.3, 0.4) is 0 Å². The van der Waals surface area contributed by atoms with Crippen molar-refractivity contribution in [2.75, 3.05) is 0 Å². The van der Waals surface area contributed by atoms with Crippen molar-refractivity contribution < 1.29 is 30.7 Å². The lowest BCUT2D eigenvalue weighted by atomic mass is 10.1. The maximum atomic E-state index is 13.3. The number of nitrogens with one attached hydrogen (secondary N) is 1. The van der Waals surface area contributed by atoms with Gasteiger partial charge in [-0.25, -0.2) is 5.43 Å². The smallest absolute Gasteiger partial charge is 0.340 e. The van der Waals surface area contributed by atoms with E-state index in [1.807, 2.05) is 17.6 Å². The summed E-state index contributed by atoms with van der Waals surface area (Å²) in [4.78, 5) is 0. The van der Waals surface area contributed by atoms with Crippen LogP contribution in [0.15, 0.2) is 36.0 Å². The van der Waals surface area contributed by atoms with Gasteiger partial charge in [0.15, 0.2) is 0 Å². The quantitative estimate of drug-likeness (QED) is 0.237. The predicted molar refractivity (Wildman–Crippen MR) is 88.3 cm³/mol. The summed E-state index contributed by atoms with van der Waals surface area (Å²) in [5.41, 5.74) is 3.13. The SMILES string of the molecule is C=CCn1c(C)c(/C=N/NC(F)(F)C(F)(F)C(F)(F)F)c2cccc(C)c21. The fraction of sp³-hybridized carbons (Fsp3) is 0.353. The summed E-state index contributed by atoms with van der Waals surface area (Å²) < 4.78 is 90.6. The van der Waals surface area contributed by atoms with Gasteiger partial charge >= 0.3 is 18.1 Å². The van der Waals surface area contributed by atoms with Crippen molar-refractivity contribution in [1.29, 1.82) is 0 Å². The van der Waals surface area contributed by atoms with Gasteiger partial charge in [-0.3, -0.25) is 0 Å². The first-order valence-corrected chi connectivity index (χ1v) is 7.67. The Morgan fingerprint density at radius 2 is 1.74 bits per heavy atom. The number of hydrazone groups is 1. The van der Waals surface area contributed by atoms with Crippen molar-refractivity contribution in [2.24, 2.45) is 5.10 Å². The second-order valence-corrected chi connectivity index (χ2v) is 5.89. The lowest BCUT2D eigenvalue weighted by Crippen LogP contribution is -2.58. The predicted octanol–water partition coefficient (Wildman–Crippen LogP) is 5.16. The van der Waals surface area contributed by atoms with Gasteiger partial charge in [-0.2, -0.15) is 35.8 Å². The Kier molecular flexibility index (Phi) is 5.31. The van der Waals surface area contributed by atoms with Crippen LogP contribution in [0.2, 0.25) is 0 Å². The molecule has 0 bridgehead atoms. The van der Waals surface area contributed by atoms with E-state index >= 15 is 0 Å². The van der Waals surface area contributed by atoms with E-state index < -0.39 is 18.1 Å². The lowest BCUT2D eigenvalue weighted by molar-refractivity contribution is -0.361. The molecule has 1 N–H and O–H groups in total. The Balaban J connectivity index is 2.44. The number of alkyl halides is 7. The first-order valence-electron chi connectivity index (χ1n) is 7.67. The van der Waals surface area contributed by atoms with Gasteiger partial charge < -0.3 is 4.57 Å². The number of aromatic nitrogens is 1. The summed E-state index contributed by atoms with van der Waals surface area (Å²) in [7, 11) is 0. The molecule has 0 saturated heterocycles. The zero-order chi connectivity index (χ0) is 20.6. The molecule has 1 aromatic carbocycles. The third kappa shape index (κ3) is 3.52. The van der Waals surface area contributed by atoms with Gasteiger partial charge in [-0.05, 0) is 19.4 Å². The molecule has 2 rings (SSSR count). The van der Waals surface area contributed by atoms with Crippen LogP contribution < -0.4 is 5.43 Å². The standard InChI is InChI=1S/C17H16F7N3/c1-4-8-27-11(3)13(12-7-5-6-10(2)14(12)27)9-25-26-17(23,24)15(18,19)16(20,21)22/h4-7,9,26H,1,8H2,2-3H3/b25-9+. The molecule has 0 aliphatic carbocycles. The average Bonchev–Trinajstić information content (AvgIpc) is 2.81. The van der Waals surface area contributed by atoms with Crippen molar-refractivity contribution in [2.45, 2.75) is 38.5 Å². The molecule has 0 saturated carbocycles. The fourth-order valence-corrected chi connectivity index (χ4v) is 2.69. The van der Waals surface area contributed by atoms with E-state index in [1.165, 1.54) is 0 Å². The number of benzene rings is 1. The normalized spacial score (nSPS) is 13.5. The topological polar surface area (TPSA) is 29.3 Å². The highest BCUT2D eigenvalue weighted by Gasteiger charge is 2.73. The number of nitrogens with zero attached hydrogens (tertiary/aromatic N) is 2. The molecule has 0 aliphatic rings. The summed E-state index contributed by atoms with van der Waals surface area (Å²) in [5, 5.41) is 3.55. The van der Waals surface area contributed by atoms with Crippen LogP contribution in [0.25, 0.3) is 10.9 Å². The van der Waals surface area contributed by atoms with Gasteiger partial charge in [-0.15, -0.1) is 6.58 Å². The number of para-hydroxylation sites is 1. The highest BCUT2D eigenvalue weighted by Crippen LogP contribution is 2.45. The van der Waals surface area contributed by atoms with E-state index in [9.17, 15) is 30.7 Å². The molecular formula is C17H16F7N3. The van der Waals surface area contributed by atoms with E-state index in [2.05, 4.69) is 11.7 Å². The van der Waals surface area contributed by atoms with E-state index in [-0.39, 0.29) is 0 Å². The Hall–Kier alpha value is -2.52. The van der Waals surface area contributed by atoms with E-state index in [1.54, 1.807) is 25.1 Å². The van der Waals surface area contributed by atoms with Gasteiger partial charge in [0.05, 0.1) is 11.7 Å². The van der Waals surface area contributed by atoms with E-state index in [0.29, 0.717) is 28.6 Å². The summed E-state index contributed by atoms with van der Waals surface area (Å²) in [6, 6.07) is -0.422. The summed E-state index contributed by atoms with van der Waals surface area (Å²) >= 11 is 0. The van der Waals surface area contributed by atoms with E-state index in [0.717, 1.165) is 17.3 Å². The Bertz CT molecular complexity index is 879. The lowest BCUT2D eigenvalue weighted by Gasteiger charge is -2.27. The summed E-state index contributed by atoms with van der Waals surface area (Å²) in [6.07, 6.45) is -4.01. The number of halogens is 7. The third-order valence-corrected chi connectivity index (χ3v) is 4.05. The highest BCUT2D eigenvalue weighted by atomic mass is 19.4. The monoisotopic (exact) mass is 395 g/mol. The summed E-state index contributed by atoms with van der Waals surface area (Å²) in [5.74, 6) is -6.28. The van der Waals surface area contributed by atoms with Crippen LogP contribution in [0.4, 0.5) is 30.7 Å². The van der Waals surface area contributed by atoms with Crippen LogP contribution >= 0.6 is 0 Å². The third-order valence-electron chi connectivity index (χ3n) is 4.05. The molecule has 0 spiro atoms. The van der Waals surface area contributed by atoms with E-state index in [4.69, 9.17) is 0 Å². The van der Waals surface area contributed by atoms with Crippen LogP contribution in [-0.4, -0.2) is 28.9 Å². The van der Waals surface area contributed by atoms with Crippen molar-refractivity contribution in [1.82, 2.24) is 9.99 Å². The number of fused-ring (bicyclic) bond motifs is 1. The highest BCUT2D eigenvalue weighted by molar-refractivity contribution is 6.02. The molecule has 1 aromatic heterocycles. The molecule has 0 fully saturated rings. The fourth-order valence-electron chi connectivity index (χ4n) is 2.69. The molecule has 1 heterocycles. The second-order valence-electron chi connectivity index (χ2n) is 5.89. The first-order chi connectivity index (χ1) is 12.3. The van der Waals surface area contributed by atoms with Gasteiger partial charge in [0, 0.05) is 23.2 Å². The van der Waals surface area contributed by atoms with Gasteiger partial charge in [0.1, 0.15) is 0 Å². The minimum atomic E-state index is -6.42. The average molecular weight is 395 g/mol. The molecule has 0 aliphatic heterocycles. The van der Waals surface area contributed by atoms with Gasteiger partial charge in [-0.1, -0.05) is 24.3 Å². The van der Waals surface area contributed by atoms with Crippen LogP contribution in [-0.2, 0) is 6.54 Å². The van der Waals surface area contributed by atoms with Crippen molar-refractivity contribution in [3.05, 3.63) is 47.7 Å².